The molecule has 2 aromatic rings. The van der Waals surface area contributed by atoms with Crippen LogP contribution in [-0.2, 0) is 23.6 Å². The molecule has 1 atom stereocenters. The van der Waals surface area contributed by atoms with Gasteiger partial charge in [-0.25, -0.2) is 0 Å². The SMILES string of the molecule is Cc1cccc(S(=O)Cc2c(Cl)c(C)nn2C)c1N. The highest BCUT2D eigenvalue weighted by molar-refractivity contribution is 7.84. The third kappa shape index (κ3) is 2.67. The van der Waals surface area contributed by atoms with Crippen LogP contribution in [0.3, 0.4) is 0 Å². The van der Waals surface area contributed by atoms with Crippen LogP contribution in [0, 0.1) is 13.8 Å². The van der Waals surface area contributed by atoms with Gasteiger partial charge < -0.3 is 5.73 Å². The Labute approximate surface area is 120 Å². The lowest BCUT2D eigenvalue weighted by molar-refractivity contribution is 0.676. The number of hydrogen-bond donors (Lipinski definition) is 1. The average molecular weight is 298 g/mol. The van der Waals surface area contributed by atoms with E-state index in [0.29, 0.717) is 21.4 Å². The lowest BCUT2D eigenvalue weighted by Gasteiger charge is -2.08. The van der Waals surface area contributed by atoms with Crippen LogP contribution in [0.4, 0.5) is 5.69 Å². The van der Waals surface area contributed by atoms with Gasteiger partial charge in [-0.1, -0.05) is 23.7 Å². The second-order valence-electron chi connectivity index (χ2n) is 4.45. The summed E-state index contributed by atoms with van der Waals surface area (Å²) in [7, 11) is 0.563. The minimum absolute atomic E-state index is 0.309. The van der Waals surface area contributed by atoms with Crippen LogP contribution >= 0.6 is 11.6 Å². The number of aryl methyl sites for hydroxylation is 3. The summed E-state index contributed by atoms with van der Waals surface area (Å²) in [6.07, 6.45) is 0. The molecule has 0 saturated carbocycles. The minimum Gasteiger partial charge on any atom is -0.398 e. The molecule has 102 valence electrons. The predicted octanol–water partition coefficient (Wildman–Crippen LogP) is 2.58. The van der Waals surface area contributed by atoms with Crippen molar-refractivity contribution in [3.63, 3.8) is 0 Å². The molecule has 0 saturated heterocycles. The molecule has 6 heteroatoms. The first-order valence-corrected chi connectivity index (χ1v) is 7.53. The summed E-state index contributed by atoms with van der Waals surface area (Å²) in [6.45, 7) is 3.73. The molecule has 0 bridgehead atoms. The van der Waals surface area contributed by atoms with Crippen molar-refractivity contribution >= 4 is 28.1 Å². The maximum Gasteiger partial charge on any atom is 0.0856 e. The van der Waals surface area contributed by atoms with Crippen LogP contribution in [0.5, 0.6) is 0 Å². The van der Waals surface area contributed by atoms with Crippen molar-refractivity contribution in [3.8, 4) is 0 Å². The fourth-order valence-corrected chi connectivity index (χ4v) is 3.57. The Morgan fingerprint density at radius 3 is 2.68 bits per heavy atom. The van der Waals surface area contributed by atoms with E-state index in [1.807, 2.05) is 26.0 Å². The molecule has 0 fully saturated rings. The molecule has 1 aromatic carbocycles. The van der Waals surface area contributed by atoms with E-state index in [4.69, 9.17) is 17.3 Å². The van der Waals surface area contributed by atoms with Gasteiger partial charge in [0.1, 0.15) is 0 Å². The van der Waals surface area contributed by atoms with Gasteiger partial charge in [0.05, 0.1) is 43.5 Å². The second-order valence-corrected chi connectivity index (χ2v) is 6.24. The molecule has 4 nitrogen and oxygen atoms in total. The van der Waals surface area contributed by atoms with Crippen molar-refractivity contribution in [1.29, 1.82) is 0 Å². The number of benzene rings is 1. The molecule has 0 spiro atoms. The van der Waals surface area contributed by atoms with Gasteiger partial charge in [-0.2, -0.15) is 5.10 Å². The Hall–Kier alpha value is -1.33. The summed E-state index contributed by atoms with van der Waals surface area (Å²) in [5.41, 5.74) is 8.98. The van der Waals surface area contributed by atoms with E-state index >= 15 is 0 Å². The van der Waals surface area contributed by atoms with Crippen LogP contribution in [0.1, 0.15) is 17.0 Å². The molecule has 0 aliphatic heterocycles. The van der Waals surface area contributed by atoms with Gasteiger partial charge in [0.2, 0.25) is 0 Å². The summed E-state index contributed by atoms with van der Waals surface area (Å²) in [5, 5.41) is 4.79. The number of nitrogens with zero attached hydrogens (tertiary/aromatic N) is 2. The summed E-state index contributed by atoms with van der Waals surface area (Å²) >= 11 is 6.17. The smallest absolute Gasteiger partial charge is 0.0856 e. The molecule has 19 heavy (non-hydrogen) atoms. The number of hydrogen-bond acceptors (Lipinski definition) is 3. The summed E-state index contributed by atoms with van der Waals surface area (Å²) in [5.74, 6) is 0.309. The number of para-hydroxylation sites is 1. The van der Waals surface area contributed by atoms with Gasteiger partial charge in [0.25, 0.3) is 0 Å². The minimum atomic E-state index is -1.23. The standard InChI is InChI=1S/C13H16ClN3OS/c1-8-5-4-6-11(13(8)15)19(18)7-10-12(14)9(2)16-17(10)3/h4-6H,7,15H2,1-3H3. The largest absolute Gasteiger partial charge is 0.398 e. The number of nitrogen functional groups attached to an aromatic ring is 1. The fourth-order valence-electron chi connectivity index (χ4n) is 1.89. The van der Waals surface area contributed by atoms with E-state index in [2.05, 4.69) is 5.10 Å². The van der Waals surface area contributed by atoms with E-state index in [9.17, 15) is 4.21 Å². The van der Waals surface area contributed by atoms with Gasteiger partial charge >= 0.3 is 0 Å². The average Bonchev–Trinajstić information content (AvgIpc) is 2.59. The number of halogens is 1. The van der Waals surface area contributed by atoms with E-state index in [1.54, 1.807) is 17.8 Å². The van der Waals surface area contributed by atoms with Crippen LogP contribution in [0.2, 0.25) is 5.02 Å². The Morgan fingerprint density at radius 1 is 1.42 bits per heavy atom. The van der Waals surface area contributed by atoms with Crippen LogP contribution in [0.25, 0.3) is 0 Å². The molecule has 0 amide bonds. The zero-order chi connectivity index (χ0) is 14.2. The lowest BCUT2D eigenvalue weighted by atomic mass is 10.2. The van der Waals surface area contributed by atoms with Crippen LogP contribution in [-0.4, -0.2) is 14.0 Å². The summed E-state index contributed by atoms with van der Waals surface area (Å²) in [4.78, 5) is 0.648. The van der Waals surface area contributed by atoms with Gasteiger partial charge in [-0.05, 0) is 25.5 Å². The molecule has 1 unspecified atom stereocenters. The fraction of sp³-hybridized carbons (Fsp3) is 0.308. The zero-order valence-electron chi connectivity index (χ0n) is 11.1. The molecule has 0 radical (unpaired) electrons. The topological polar surface area (TPSA) is 60.9 Å². The molecule has 2 rings (SSSR count). The second kappa shape index (κ2) is 5.35. The lowest BCUT2D eigenvalue weighted by Crippen LogP contribution is -2.06. The summed E-state index contributed by atoms with van der Waals surface area (Å²) < 4.78 is 14.1. The maximum atomic E-state index is 12.4. The van der Waals surface area contributed by atoms with Crippen molar-refractivity contribution in [2.75, 3.05) is 5.73 Å². The monoisotopic (exact) mass is 297 g/mol. The highest BCUT2D eigenvalue weighted by atomic mass is 35.5. The van der Waals surface area contributed by atoms with E-state index in [1.165, 1.54) is 0 Å². The number of anilines is 1. The molecule has 0 aliphatic rings. The van der Waals surface area contributed by atoms with Crippen molar-refractivity contribution in [3.05, 3.63) is 40.2 Å². The van der Waals surface area contributed by atoms with E-state index in [-0.39, 0.29) is 0 Å². The highest BCUT2D eigenvalue weighted by Crippen LogP contribution is 2.26. The summed E-state index contributed by atoms with van der Waals surface area (Å²) in [6, 6.07) is 5.54. The van der Waals surface area contributed by atoms with Crippen molar-refractivity contribution in [2.45, 2.75) is 24.5 Å². The quantitative estimate of drug-likeness (QED) is 0.886. The third-order valence-corrected chi connectivity index (χ3v) is 4.93. The first kappa shape index (κ1) is 14.1. The zero-order valence-corrected chi connectivity index (χ0v) is 12.7. The van der Waals surface area contributed by atoms with Crippen molar-refractivity contribution < 1.29 is 4.21 Å². The van der Waals surface area contributed by atoms with Gasteiger partial charge in [0, 0.05) is 7.05 Å². The molecule has 0 aliphatic carbocycles. The van der Waals surface area contributed by atoms with Crippen molar-refractivity contribution in [1.82, 2.24) is 9.78 Å². The number of aromatic nitrogens is 2. The third-order valence-electron chi connectivity index (χ3n) is 3.06. The van der Waals surface area contributed by atoms with Crippen LogP contribution in [0.15, 0.2) is 23.1 Å². The molecule has 2 N–H and O–H groups in total. The Kier molecular flexibility index (Phi) is 3.96. The number of nitrogens with two attached hydrogens (primary N) is 1. The molecule has 1 aromatic heterocycles. The Morgan fingerprint density at radius 2 is 2.11 bits per heavy atom. The van der Waals surface area contributed by atoms with E-state index in [0.717, 1.165) is 17.0 Å². The maximum absolute atomic E-state index is 12.4. The molecule has 1 heterocycles. The van der Waals surface area contributed by atoms with E-state index < -0.39 is 10.8 Å². The first-order valence-electron chi connectivity index (χ1n) is 5.83. The van der Waals surface area contributed by atoms with Crippen molar-refractivity contribution in [2.24, 2.45) is 7.05 Å². The Bertz CT molecular complexity index is 652. The van der Waals surface area contributed by atoms with Gasteiger partial charge in [0.15, 0.2) is 0 Å². The molecular weight excluding hydrogens is 282 g/mol. The normalized spacial score (nSPS) is 12.6. The number of rotatable bonds is 3. The predicted molar refractivity (Wildman–Crippen MR) is 78.7 cm³/mol. The van der Waals surface area contributed by atoms with Gasteiger partial charge in [-0.3, -0.25) is 8.89 Å². The highest BCUT2D eigenvalue weighted by Gasteiger charge is 2.16. The first-order chi connectivity index (χ1) is 8.91. The van der Waals surface area contributed by atoms with Gasteiger partial charge in [-0.15, -0.1) is 0 Å². The van der Waals surface area contributed by atoms with Crippen LogP contribution < -0.4 is 5.73 Å². The Balaban J connectivity index is 2.34. The molecular formula is C13H16ClN3OS.